The molecule has 0 radical (unpaired) electrons. The maximum atomic E-state index is 11.4. The quantitative estimate of drug-likeness (QED) is 0.861. The fourth-order valence-corrected chi connectivity index (χ4v) is 4.48. The summed E-state index contributed by atoms with van der Waals surface area (Å²) in [5.41, 5.74) is 1.10. The molecule has 1 aromatic carbocycles. The first-order valence-corrected chi connectivity index (χ1v) is 9.35. The van der Waals surface area contributed by atoms with Crippen LogP contribution in [0.4, 0.5) is 0 Å². The zero-order valence-corrected chi connectivity index (χ0v) is 14.0. The van der Waals surface area contributed by atoms with Gasteiger partial charge in [0.05, 0.1) is 11.5 Å². The fourth-order valence-electron chi connectivity index (χ4n) is 2.45. The van der Waals surface area contributed by atoms with Crippen molar-refractivity contribution in [1.29, 1.82) is 0 Å². The van der Waals surface area contributed by atoms with Crippen molar-refractivity contribution < 1.29 is 13.2 Å². The maximum Gasteiger partial charge on any atom is 0.262 e. The lowest BCUT2D eigenvalue weighted by Gasteiger charge is -2.16. The second-order valence-electron chi connectivity index (χ2n) is 5.73. The van der Waals surface area contributed by atoms with Gasteiger partial charge in [-0.05, 0) is 42.1 Å². The van der Waals surface area contributed by atoms with Gasteiger partial charge in [0.15, 0.2) is 9.84 Å². The van der Waals surface area contributed by atoms with Crippen molar-refractivity contribution in [3.05, 3.63) is 29.8 Å². The Hall–Kier alpha value is -1.14. The zero-order chi connectivity index (χ0) is 15.5. The molecule has 1 heterocycles. The first-order valence-electron chi connectivity index (χ1n) is 7.12. The van der Waals surface area contributed by atoms with Gasteiger partial charge in [0.1, 0.15) is 5.75 Å². The van der Waals surface area contributed by atoms with E-state index in [1.54, 1.807) is 0 Å². The van der Waals surface area contributed by atoms with Crippen molar-refractivity contribution in [2.24, 2.45) is 5.92 Å². The highest BCUT2D eigenvalue weighted by Crippen LogP contribution is 2.26. The smallest absolute Gasteiger partial charge is 0.262 e. The topological polar surface area (TPSA) is 55.4 Å². The first kappa shape index (κ1) is 16.2. The number of benzene rings is 1. The Kier molecular flexibility index (Phi) is 5.22. The summed E-state index contributed by atoms with van der Waals surface area (Å²) in [4.78, 5) is 0. The molecule has 1 atom stereocenters. The molecule has 21 heavy (non-hydrogen) atoms. The van der Waals surface area contributed by atoms with Gasteiger partial charge >= 0.3 is 0 Å². The van der Waals surface area contributed by atoms with Crippen LogP contribution in [0.15, 0.2) is 24.3 Å². The predicted octanol–water partition coefficient (Wildman–Crippen LogP) is 2.50. The van der Waals surface area contributed by atoms with Crippen molar-refractivity contribution in [3.63, 3.8) is 0 Å². The number of para-hydroxylation sites is 1. The van der Waals surface area contributed by atoms with Crippen molar-refractivity contribution in [2.75, 3.05) is 18.1 Å². The summed E-state index contributed by atoms with van der Waals surface area (Å²) >= 11 is 5.19. The summed E-state index contributed by atoms with van der Waals surface area (Å²) in [7, 11) is -2.84. The van der Waals surface area contributed by atoms with Crippen molar-refractivity contribution >= 4 is 27.2 Å². The van der Waals surface area contributed by atoms with Gasteiger partial charge in [-0.1, -0.05) is 32.0 Å². The number of hydrogen-bond donors (Lipinski definition) is 1. The third-order valence-corrected chi connectivity index (χ3v) is 5.67. The zero-order valence-electron chi connectivity index (χ0n) is 12.3. The van der Waals surface area contributed by atoms with Crippen LogP contribution in [0.1, 0.15) is 31.7 Å². The van der Waals surface area contributed by atoms with Gasteiger partial charge in [0.25, 0.3) is 5.17 Å². The van der Waals surface area contributed by atoms with Gasteiger partial charge in [-0.2, -0.15) is 0 Å². The Balaban J connectivity index is 1.88. The van der Waals surface area contributed by atoms with E-state index in [0.717, 1.165) is 11.3 Å². The Bertz CT molecular complexity index is 611. The second kappa shape index (κ2) is 6.75. The largest absolute Gasteiger partial charge is 0.432 e. The van der Waals surface area contributed by atoms with Crippen molar-refractivity contribution in [3.8, 4) is 5.75 Å². The lowest BCUT2D eigenvalue weighted by Crippen LogP contribution is -2.32. The van der Waals surface area contributed by atoms with E-state index in [2.05, 4.69) is 19.2 Å². The molecule has 1 saturated heterocycles. The molecule has 1 aromatic rings. The normalized spacial score (nSPS) is 20.4. The Morgan fingerprint density at radius 2 is 2.14 bits per heavy atom. The molecular formula is C15H21NO3S2. The van der Waals surface area contributed by atoms with Crippen LogP contribution in [0, 0.1) is 5.92 Å². The molecule has 0 saturated carbocycles. The summed E-state index contributed by atoms with van der Waals surface area (Å²) in [6.07, 6.45) is 0.695. The van der Waals surface area contributed by atoms with E-state index in [9.17, 15) is 8.42 Å². The van der Waals surface area contributed by atoms with Crippen LogP contribution >= 0.6 is 12.2 Å². The highest BCUT2D eigenvalue weighted by Gasteiger charge is 2.27. The number of nitrogens with one attached hydrogen (secondary N) is 1. The average molecular weight is 327 g/mol. The van der Waals surface area contributed by atoms with Crippen LogP contribution in [0.5, 0.6) is 5.75 Å². The van der Waals surface area contributed by atoms with Crippen LogP contribution in [0.3, 0.4) is 0 Å². The fraction of sp³-hybridized carbons (Fsp3) is 0.533. The molecule has 2 rings (SSSR count). The van der Waals surface area contributed by atoms with Gasteiger partial charge in [-0.25, -0.2) is 8.42 Å². The lowest BCUT2D eigenvalue weighted by atomic mass is 10.0. The summed E-state index contributed by atoms with van der Waals surface area (Å²) in [5, 5.41) is 3.32. The SMILES string of the molecule is CC(C)c1ccccc1OC(=S)NCC1CCS(=O)(=O)C1. The van der Waals surface area contributed by atoms with Crippen molar-refractivity contribution in [1.82, 2.24) is 5.32 Å². The molecule has 0 bridgehead atoms. The van der Waals surface area contributed by atoms with E-state index in [4.69, 9.17) is 17.0 Å². The monoisotopic (exact) mass is 327 g/mol. The number of rotatable bonds is 4. The number of sulfone groups is 1. The van der Waals surface area contributed by atoms with Crippen LogP contribution in [-0.4, -0.2) is 31.6 Å². The van der Waals surface area contributed by atoms with E-state index in [1.165, 1.54) is 0 Å². The van der Waals surface area contributed by atoms with Gasteiger partial charge in [0, 0.05) is 6.54 Å². The minimum absolute atomic E-state index is 0.122. The molecule has 116 valence electrons. The molecule has 4 nitrogen and oxygen atoms in total. The van der Waals surface area contributed by atoms with E-state index in [0.29, 0.717) is 24.1 Å². The van der Waals surface area contributed by atoms with Gasteiger partial charge in [-0.3, -0.25) is 0 Å². The Morgan fingerprint density at radius 1 is 1.43 bits per heavy atom. The molecule has 1 unspecified atom stereocenters. The molecule has 0 aromatic heterocycles. The molecule has 0 spiro atoms. The lowest BCUT2D eigenvalue weighted by molar-refractivity contribution is 0.495. The molecule has 6 heteroatoms. The average Bonchev–Trinajstić information content (AvgIpc) is 2.76. The molecule has 1 fully saturated rings. The first-order chi connectivity index (χ1) is 9.87. The number of hydrogen-bond acceptors (Lipinski definition) is 4. The highest BCUT2D eigenvalue weighted by molar-refractivity contribution is 7.91. The number of ether oxygens (including phenoxy) is 1. The maximum absolute atomic E-state index is 11.4. The molecule has 0 aliphatic carbocycles. The second-order valence-corrected chi connectivity index (χ2v) is 8.33. The van der Waals surface area contributed by atoms with E-state index in [1.807, 2.05) is 24.3 Å². The molecule has 1 N–H and O–H groups in total. The standard InChI is InChI=1S/C15H21NO3S2/c1-11(2)13-5-3-4-6-14(13)19-15(20)16-9-12-7-8-21(17,18)10-12/h3-6,11-12H,7-10H2,1-2H3,(H,16,20). The summed E-state index contributed by atoms with van der Waals surface area (Å²) < 4.78 is 28.5. The minimum Gasteiger partial charge on any atom is -0.432 e. The van der Waals surface area contributed by atoms with Crippen LogP contribution in [0.25, 0.3) is 0 Å². The van der Waals surface area contributed by atoms with E-state index < -0.39 is 9.84 Å². The van der Waals surface area contributed by atoms with Gasteiger partial charge < -0.3 is 10.1 Å². The third-order valence-electron chi connectivity index (χ3n) is 3.61. The Morgan fingerprint density at radius 3 is 2.76 bits per heavy atom. The number of thiocarbonyl (C=S) groups is 1. The summed E-state index contributed by atoms with van der Waals surface area (Å²) in [6.45, 7) is 4.74. The molecular weight excluding hydrogens is 306 g/mol. The van der Waals surface area contributed by atoms with Gasteiger partial charge in [-0.15, -0.1) is 0 Å². The van der Waals surface area contributed by atoms with Crippen LogP contribution in [0.2, 0.25) is 0 Å². The van der Waals surface area contributed by atoms with Crippen LogP contribution < -0.4 is 10.1 Å². The predicted molar refractivity (Wildman–Crippen MR) is 88.5 cm³/mol. The van der Waals surface area contributed by atoms with Crippen molar-refractivity contribution in [2.45, 2.75) is 26.2 Å². The molecule has 0 amide bonds. The van der Waals surface area contributed by atoms with E-state index >= 15 is 0 Å². The minimum atomic E-state index is -2.84. The Labute approximate surface area is 131 Å². The summed E-state index contributed by atoms with van der Waals surface area (Å²) in [6, 6.07) is 7.80. The third kappa shape index (κ3) is 4.68. The van der Waals surface area contributed by atoms with E-state index in [-0.39, 0.29) is 17.4 Å². The van der Waals surface area contributed by atoms with Crippen LogP contribution in [-0.2, 0) is 9.84 Å². The summed E-state index contributed by atoms with van der Waals surface area (Å²) in [5.74, 6) is 1.75. The molecule has 1 aliphatic rings. The van der Waals surface area contributed by atoms with Gasteiger partial charge in [0.2, 0.25) is 0 Å². The highest BCUT2D eigenvalue weighted by atomic mass is 32.2. The molecule has 1 aliphatic heterocycles.